The average molecular weight is 335 g/mol. The molecule has 0 saturated heterocycles. The maximum Gasteiger partial charge on any atom is 0.171 e. The number of hydrogen-bond acceptors (Lipinski definition) is 1. The number of anilines is 1. The second kappa shape index (κ2) is 9.92. The van der Waals surface area contributed by atoms with Crippen LogP contribution < -0.4 is 10.6 Å². The number of thiocarbonyl (C=S) groups is 1. The summed E-state index contributed by atoms with van der Waals surface area (Å²) in [5.41, 5.74) is 3.97. The zero-order valence-electron chi connectivity index (χ0n) is 15.7. The van der Waals surface area contributed by atoms with Crippen LogP contribution in [0.15, 0.2) is 18.2 Å². The Labute approximate surface area is 148 Å². The van der Waals surface area contributed by atoms with Gasteiger partial charge in [0, 0.05) is 11.7 Å². The summed E-state index contributed by atoms with van der Waals surface area (Å²) in [6.07, 6.45) is 4.56. The first-order valence-electron chi connectivity index (χ1n) is 9.14. The van der Waals surface area contributed by atoms with Crippen LogP contribution in [-0.4, -0.2) is 11.2 Å². The summed E-state index contributed by atoms with van der Waals surface area (Å²) in [7, 11) is 0. The lowest BCUT2D eigenvalue weighted by atomic mass is 9.89. The normalized spacial score (nSPS) is 14.9. The van der Waals surface area contributed by atoms with Crippen LogP contribution in [0.5, 0.6) is 0 Å². The van der Waals surface area contributed by atoms with E-state index in [1.807, 2.05) is 0 Å². The number of rotatable bonds is 8. The lowest BCUT2D eigenvalue weighted by Crippen LogP contribution is -2.36. The van der Waals surface area contributed by atoms with Gasteiger partial charge in [-0.05, 0) is 61.4 Å². The highest BCUT2D eigenvalue weighted by Gasteiger charge is 2.17. The standard InChI is InChI=1S/C20H34N2S/c1-7-11-16(6)21-20(23)22-19-17(14(4)8-2)12-10-13-18(19)15(5)9-3/h10,12-16H,7-9,11H2,1-6H3,(H2,21,22,23). The summed E-state index contributed by atoms with van der Waals surface area (Å²) in [6.45, 7) is 13.4. The second-order valence-electron chi connectivity index (χ2n) is 6.72. The summed E-state index contributed by atoms with van der Waals surface area (Å²) in [6, 6.07) is 7.06. The molecule has 1 aromatic rings. The van der Waals surface area contributed by atoms with Crippen molar-refractivity contribution in [2.75, 3.05) is 5.32 Å². The van der Waals surface area contributed by atoms with Crippen LogP contribution >= 0.6 is 12.2 Å². The van der Waals surface area contributed by atoms with Gasteiger partial charge in [0.1, 0.15) is 0 Å². The van der Waals surface area contributed by atoms with Gasteiger partial charge in [0.2, 0.25) is 0 Å². The highest BCUT2D eigenvalue weighted by atomic mass is 32.1. The third-order valence-corrected chi connectivity index (χ3v) is 4.97. The molecule has 130 valence electrons. The monoisotopic (exact) mass is 334 g/mol. The Balaban J connectivity index is 3.07. The Morgan fingerprint density at radius 3 is 1.96 bits per heavy atom. The van der Waals surface area contributed by atoms with Gasteiger partial charge >= 0.3 is 0 Å². The Bertz CT molecular complexity index is 470. The van der Waals surface area contributed by atoms with Crippen LogP contribution in [0.25, 0.3) is 0 Å². The molecule has 3 unspecified atom stereocenters. The number of benzene rings is 1. The molecule has 2 nitrogen and oxygen atoms in total. The number of nitrogens with one attached hydrogen (secondary N) is 2. The van der Waals surface area contributed by atoms with Crippen molar-refractivity contribution in [2.45, 2.75) is 85.1 Å². The molecule has 0 aliphatic heterocycles. The van der Waals surface area contributed by atoms with Gasteiger partial charge < -0.3 is 10.6 Å². The molecular weight excluding hydrogens is 300 g/mol. The van der Waals surface area contributed by atoms with Gasteiger partial charge in [-0.3, -0.25) is 0 Å². The van der Waals surface area contributed by atoms with E-state index in [1.165, 1.54) is 23.2 Å². The van der Waals surface area contributed by atoms with E-state index in [9.17, 15) is 0 Å². The van der Waals surface area contributed by atoms with Crippen LogP contribution in [0.3, 0.4) is 0 Å². The van der Waals surface area contributed by atoms with Crippen molar-refractivity contribution in [3.8, 4) is 0 Å². The van der Waals surface area contributed by atoms with Crippen molar-refractivity contribution < 1.29 is 0 Å². The first-order valence-corrected chi connectivity index (χ1v) is 9.55. The molecule has 0 saturated carbocycles. The van der Waals surface area contributed by atoms with Gasteiger partial charge in [-0.1, -0.05) is 59.2 Å². The Morgan fingerprint density at radius 2 is 1.52 bits per heavy atom. The molecule has 23 heavy (non-hydrogen) atoms. The van der Waals surface area contributed by atoms with E-state index in [1.54, 1.807) is 0 Å². The van der Waals surface area contributed by atoms with Crippen LogP contribution in [0.4, 0.5) is 5.69 Å². The van der Waals surface area contributed by atoms with Crippen molar-refractivity contribution in [3.05, 3.63) is 29.3 Å². The third-order valence-electron chi connectivity index (χ3n) is 4.75. The summed E-state index contributed by atoms with van der Waals surface area (Å²) >= 11 is 5.57. The van der Waals surface area contributed by atoms with E-state index >= 15 is 0 Å². The van der Waals surface area contributed by atoms with E-state index in [-0.39, 0.29) is 0 Å². The van der Waals surface area contributed by atoms with Crippen LogP contribution in [-0.2, 0) is 0 Å². The minimum absolute atomic E-state index is 0.405. The van der Waals surface area contributed by atoms with Gasteiger partial charge in [0.05, 0.1) is 0 Å². The Morgan fingerprint density at radius 1 is 1.00 bits per heavy atom. The number of para-hydroxylation sites is 1. The fourth-order valence-corrected chi connectivity index (χ4v) is 3.18. The SMILES string of the molecule is CCCC(C)NC(=S)Nc1c(C(C)CC)cccc1C(C)CC. The molecule has 0 bridgehead atoms. The zero-order chi connectivity index (χ0) is 17.4. The highest BCUT2D eigenvalue weighted by molar-refractivity contribution is 7.80. The van der Waals surface area contributed by atoms with Crippen LogP contribution in [0.1, 0.15) is 90.2 Å². The van der Waals surface area contributed by atoms with Crippen molar-refractivity contribution in [1.82, 2.24) is 5.32 Å². The molecule has 0 fully saturated rings. The summed E-state index contributed by atoms with van der Waals surface area (Å²) in [4.78, 5) is 0. The summed E-state index contributed by atoms with van der Waals surface area (Å²) < 4.78 is 0. The maximum absolute atomic E-state index is 5.57. The topological polar surface area (TPSA) is 24.1 Å². The Hall–Kier alpha value is -1.09. The predicted octanol–water partition coefficient (Wildman–Crippen LogP) is 6.19. The van der Waals surface area contributed by atoms with Gasteiger partial charge in [-0.2, -0.15) is 0 Å². The van der Waals surface area contributed by atoms with Crippen LogP contribution in [0, 0.1) is 0 Å². The second-order valence-corrected chi connectivity index (χ2v) is 7.13. The Kier molecular flexibility index (Phi) is 8.60. The molecular formula is C20H34N2S. The minimum Gasteiger partial charge on any atom is -0.360 e. The van der Waals surface area contributed by atoms with Crippen LogP contribution in [0.2, 0.25) is 0 Å². The van der Waals surface area contributed by atoms with Gasteiger partial charge in [0.25, 0.3) is 0 Å². The lowest BCUT2D eigenvalue weighted by Gasteiger charge is -2.24. The lowest BCUT2D eigenvalue weighted by molar-refractivity contribution is 0.599. The van der Waals surface area contributed by atoms with Crippen molar-refractivity contribution >= 4 is 23.0 Å². The number of hydrogen-bond donors (Lipinski definition) is 2. The van der Waals surface area contributed by atoms with E-state index in [0.29, 0.717) is 17.9 Å². The van der Waals surface area contributed by atoms with Crippen molar-refractivity contribution in [2.24, 2.45) is 0 Å². The molecule has 0 radical (unpaired) electrons. The largest absolute Gasteiger partial charge is 0.360 e. The van der Waals surface area contributed by atoms with Gasteiger partial charge in [-0.15, -0.1) is 0 Å². The molecule has 0 spiro atoms. The molecule has 1 rings (SSSR count). The van der Waals surface area contributed by atoms with Gasteiger partial charge in [0.15, 0.2) is 5.11 Å². The molecule has 0 amide bonds. The summed E-state index contributed by atoms with van der Waals surface area (Å²) in [5, 5.41) is 7.68. The van der Waals surface area contributed by atoms with E-state index in [4.69, 9.17) is 12.2 Å². The van der Waals surface area contributed by atoms with E-state index < -0.39 is 0 Å². The first-order chi connectivity index (χ1) is 10.9. The minimum atomic E-state index is 0.405. The smallest absolute Gasteiger partial charge is 0.171 e. The molecule has 3 heteroatoms. The van der Waals surface area contributed by atoms with Crippen molar-refractivity contribution in [3.63, 3.8) is 0 Å². The van der Waals surface area contributed by atoms with E-state index in [0.717, 1.165) is 24.4 Å². The molecule has 0 aliphatic rings. The first kappa shape index (κ1) is 20.0. The van der Waals surface area contributed by atoms with Crippen molar-refractivity contribution in [1.29, 1.82) is 0 Å². The molecule has 1 aromatic carbocycles. The predicted molar refractivity (Wildman–Crippen MR) is 108 cm³/mol. The average Bonchev–Trinajstić information content (AvgIpc) is 2.53. The van der Waals surface area contributed by atoms with Gasteiger partial charge in [-0.25, -0.2) is 0 Å². The van der Waals surface area contributed by atoms with E-state index in [2.05, 4.69) is 70.4 Å². The molecule has 0 heterocycles. The summed E-state index contributed by atoms with van der Waals surface area (Å²) in [5.74, 6) is 1.05. The highest BCUT2D eigenvalue weighted by Crippen LogP contribution is 2.34. The fraction of sp³-hybridized carbons (Fsp3) is 0.650. The molecule has 2 N–H and O–H groups in total. The molecule has 0 aromatic heterocycles. The third kappa shape index (κ3) is 5.80. The molecule has 3 atom stereocenters. The fourth-order valence-electron chi connectivity index (χ4n) is 2.87. The maximum atomic E-state index is 5.57. The molecule has 0 aliphatic carbocycles. The quantitative estimate of drug-likeness (QED) is 0.554. The zero-order valence-corrected chi connectivity index (χ0v) is 16.5.